The maximum atomic E-state index is 5.62. The van der Waals surface area contributed by atoms with E-state index < -0.39 is 28.9 Å². The van der Waals surface area contributed by atoms with Gasteiger partial charge in [-0.3, -0.25) is 4.74 Å². The van der Waals surface area contributed by atoms with Crippen molar-refractivity contribution in [2.24, 2.45) is 15.6 Å². The Morgan fingerprint density at radius 2 is 1.06 bits per heavy atom. The molecule has 1 nitrogen and oxygen atoms in total. The zero-order valence-corrected chi connectivity index (χ0v) is 29.6. The molecule has 0 unspecified atom stereocenters. The maximum absolute atomic E-state index is 5.62. The summed E-state index contributed by atoms with van der Waals surface area (Å²) in [6.07, 6.45) is 16.5. The average Bonchev–Trinajstić information content (AvgIpc) is 2.97. The molecule has 0 saturated heterocycles. The van der Waals surface area contributed by atoms with Gasteiger partial charge in [0, 0.05) is 33.8 Å². The number of hydrogen-bond acceptors (Lipinski definition) is 1. The molecule has 1 aliphatic carbocycles. The van der Waals surface area contributed by atoms with Crippen LogP contribution in [0.3, 0.4) is 0 Å². The fourth-order valence-corrected chi connectivity index (χ4v) is 88.6. The second-order valence-electron chi connectivity index (χ2n) is 14.0. The molecule has 184 valence electrons. The van der Waals surface area contributed by atoms with Crippen LogP contribution < -0.4 is 0 Å². The number of allylic oxidation sites excluding steroid dienone is 7. The van der Waals surface area contributed by atoms with Crippen LogP contribution >= 0.6 is 5.70 Å². The number of hydrogen-bond donors (Lipinski definition) is 0. The van der Waals surface area contributed by atoms with Gasteiger partial charge in [0.05, 0.1) is 23.2 Å². The molecule has 0 saturated carbocycles. The van der Waals surface area contributed by atoms with E-state index in [9.17, 15) is 0 Å². The van der Waals surface area contributed by atoms with Gasteiger partial charge in [-0.15, -0.1) is 0 Å². The predicted molar refractivity (Wildman–Crippen MR) is 158 cm³/mol. The zero-order chi connectivity index (χ0) is 24.9. The zero-order valence-electron chi connectivity index (χ0n) is 24.1. The fourth-order valence-electron chi connectivity index (χ4n) is 4.86. The van der Waals surface area contributed by atoms with Gasteiger partial charge in [-0.1, -0.05) is 143 Å². The molecule has 0 fully saturated rings. The quantitative estimate of drug-likeness (QED) is 0.186. The Bertz CT molecular complexity index is 693. The molecule has 32 heavy (non-hydrogen) atoms. The first-order chi connectivity index (χ1) is 13.5. The molecule has 1 aliphatic rings. The van der Waals surface area contributed by atoms with Crippen LogP contribution in [0.2, 0.25) is 58.9 Å². The second kappa shape index (κ2) is 12.5. The van der Waals surface area contributed by atoms with Crippen molar-refractivity contribution in [3.05, 3.63) is 48.2 Å². The maximum Gasteiger partial charge on any atom is 0.0843 e. The van der Waals surface area contributed by atoms with E-state index in [1.807, 2.05) is 0 Å². The van der Waals surface area contributed by atoms with Crippen molar-refractivity contribution < 1.29 is 21.7 Å². The van der Waals surface area contributed by atoms with Gasteiger partial charge >= 0.3 is 0 Å². The summed E-state index contributed by atoms with van der Waals surface area (Å²) in [7, 11) is -3.83. The molecule has 0 atom stereocenters. The molecule has 0 heterocycles. The third kappa shape index (κ3) is 11.3. The summed E-state index contributed by atoms with van der Waals surface area (Å²) in [6, 6.07) is 0. The first-order valence-electron chi connectivity index (χ1n) is 11.9. The van der Waals surface area contributed by atoms with Crippen molar-refractivity contribution in [1.29, 1.82) is 0 Å². The summed E-state index contributed by atoms with van der Waals surface area (Å²) in [4.78, 5) is 0. The SMILES string of the molecule is CC(C)(C)C=CC=CC(C)(C)C.C[Si](C)(C)P(=NC1=CC=CC1)([Si](C)(C)C)[Si](C)(C)C.[Ti]. The van der Waals surface area contributed by atoms with Crippen LogP contribution in [0, 0.1) is 10.8 Å². The fraction of sp³-hybridized carbons (Fsp3) is 0.692. The van der Waals surface area contributed by atoms with Crippen molar-refractivity contribution in [2.75, 3.05) is 0 Å². The van der Waals surface area contributed by atoms with Gasteiger partial charge in [0.15, 0.2) is 0 Å². The second-order valence-corrected chi connectivity index (χ2v) is 50.4. The van der Waals surface area contributed by atoms with E-state index in [1.165, 1.54) is 5.70 Å². The Hall–Kier alpha value is 0.555. The molecule has 0 spiro atoms. The molecule has 0 aromatic carbocycles. The Morgan fingerprint density at radius 3 is 1.28 bits per heavy atom. The smallest absolute Gasteiger partial charge is 0.0843 e. The summed E-state index contributed by atoms with van der Waals surface area (Å²) >= 11 is 0. The third-order valence-corrected chi connectivity index (χ3v) is 66.2. The van der Waals surface area contributed by atoms with Crippen molar-refractivity contribution in [3.8, 4) is 0 Å². The Kier molecular flexibility index (Phi) is 13.6. The van der Waals surface area contributed by atoms with Crippen LogP contribution in [0.1, 0.15) is 48.0 Å². The Balaban J connectivity index is 0. The van der Waals surface area contributed by atoms with Gasteiger partial charge in [-0.25, -0.2) is 0 Å². The van der Waals surface area contributed by atoms with E-state index in [0.29, 0.717) is 10.8 Å². The standard InChI is InChI=1S/C14H32NPSi3.C12H22.Ti/c1-17(2,3)16(18(4,5)6,19(7,8)9)15-14-12-10-11-13-14;1-11(2,3)9-7-8-10-12(4,5)6;/h10-12H,13H2,1-9H3;7-10H,1-6H3;. The Labute approximate surface area is 220 Å². The first kappa shape index (κ1) is 34.7. The van der Waals surface area contributed by atoms with Crippen molar-refractivity contribution in [3.63, 3.8) is 0 Å². The first-order valence-corrected chi connectivity index (χ1v) is 26.7. The molecular weight excluding hydrogens is 489 g/mol. The van der Waals surface area contributed by atoms with Crippen molar-refractivity contribution in [1.82, 2.24) is 0 Å². The van der Waals surface area contributed by atoms with Crippen LogP contribution in [0.5, 0.6) is 0 Å². The minimum absolute atomic E-state index is 0. The van der Waals surface area contributed by atoms with Gasteiger partial charge in [-0.2, -0.15) is 0 Å². The molecule has 0 N–H and O–H groups in total. The third-order valence-electron chi connectivity index (χ3n) is 5.25. The van der Waals surface area contributed by atoms with E-state index in [4.69, 9.17) is 4.74 Å². The largest absolute Gasteiger partial charge is 0.284 e. The molecule has 0 bridgehead atoms. The van der Waals surface area contributed by atoms with Crippen molar-refractivity contribution in [2.45, 2.75) is 107 Å². The van der Waals surface area contributed by atoms with E-state index in [2.05, 4.69) is 143 Å². The van der Waals surface area contributed by atoms with Crippen LogP contribution in [-0.4, -0.2) is 23.2 Å². The van der Waals surface area contributed by atoms with Crippen molar-refractivity contribution >= 4 is 28.9 Å². The van der Waals surface area contributed by atoms with Crippen LogP contribution in [0.15, 0.2) is 53.0 Å². The van der Waals surface area contributed by atoms with Gasteiger partial charge in [0.1, 0.15) is 0 Å². The number of nitrogens with zero attached hydrogens (tertiary/aromatic N) is 1. The molecule has 0 radical (unpaired) electrons. The number of rotatable bonds is 5. The summed E-state index contributed by atoms with van der Waals surface area (Å²) < 4.78 is 5.62. The molecule has 1 rings (SSSR count). The van der Waals surface area contributed by atoms with Crippen LogP contribution in [0.25, 0.3) is 0 Å². The summed E-state index contributed by atoms with van der Waals surface area (Å²) in [5, 5.41) is 0. The molecule has 0 aromatic heterocycles. The van der Waals surface area contributed by atoms with Gasteiger partial charge in [0.25, 0.3) is 0 Å². The van der Waals surface area contributed by atoms with Crippen LogP contribution in [0.4, 0.5) is 0 Å². The minimum Gasteiger partial charge on any atom is -0.284 e. The van der Waals surface area contributed by atoms with E-state index in [1.54, 1.807) is 0 Å². The van der Waals surface area contributed by atoms with Crippen LogP contribution in [-0.2, 0) is 21.7 Å². The van der Waals surface area contributed by atoms with E-state index in [0.717, 1.165) is 6.42 Å². The van der Waals surface area contributed by atoms with E-state index in [-0.39, 0.29) is 21.7 Å². The van der Waals surface area contributed by atoms with E-state index >= 15 is 0 Å². The molecule has 0 aliphatic heterocycles. The minimum atomic E-state index is -1.28. The predicted octanol–water partition coefficient (Wildman–Crippen LogP) is 10.7. The summed E-state index contributed by atoms with van der Waals surface area (Å²) in [5.41, 5.74) is 0.800. The molecule has 6 heteroatoms. The monoisotopic (exact) mass is 543 g/mol. The summed E-state index contributed by atoms with van der Waals surface area (Å²) in [5.74, 6) is 0. The normalized spacial score (nSPS) is 16.0. The Morgan fingerprint density at radius 1 is 0.719 bits per heavy atom. The van der Waals surface area contributed by atoms with Gasteiger partial charge in [0.2, 0.25) is 0 Å². The topological polar surface area (TPSA) is 12.4 Å². The average molecular weight is 544 g/mol. The molecular formula is C26H54NPSi3Ti. The molecule has 0 amide bonds. The van der Waals surface area contributed by atoms with Gasteiger partial charge < -0.3 is 0 Å². The molecule has 0 aromatic rings. The summed E-state index contributed by atoms with van der Waals surface area (Å²) in [6.45, 7) is 36.5. The van der Waals surface area contributed by atoms with Gasteiger partial charge in [-0.05, 0) is 16.9 Å².